The number of anilines is 1. The Bertz CT molecular complexity index is 557. The number of carbonyl (C=O) groups excluding carboxylic acids is 2. The minimum absolute atomic E-state index is 0.307. The summed E-state index contributed by atoms with van der Waals surface area (Å²) in [6.07, 6.45) is 1.55. The van der Waals surface area contributed by atoms with Gasteiger partial charge in [0, 0.05) is 12.2 Å². The lowest BCUT2D eigenvalue weighted by molar-refractivity contribution is -0.141. The number of primary amides is 1. The molecule has 20 heavy (non-hydrogen) atoms. The van der Waals surface area contributed by atoms with Crippen LogP contribution in [0.3, 0.4) is 0 Å². The summed E-state index contributed by atoms with van der Waals surface area (Å²) >= 11 is 0. The van der Waals surface area contributed by atoms with Crippen LogP contribution in [0, 0.1) is 13.8 Å². The number of methoxy groups -OCH3 is 1. The van der Waals surface area contributed by atoms with Crippen LogP contribution < -0.4 is 10.6 Å². The first-order valence-electron chi connectivity index (χ1n) is 6.58. The van der Waals surface area contributed by atoms with Crippen molar-refractivity contribution >= 4 is 17.7 Å². The lowest BCUT2D eigenvalue weighted by Crippen LogP contribution is -2.39. The Hall–Kier alpha value is -2.11. The van der Waals surface area contributed by atoms with E-state index in [4.69, 9.17) is 10.5 Å². The Kier molecular flexibility index (Phi) is 3.92. The topological polar surface area (TPSA) is 85.5 Å². The van der Waals surface area contributed by atoms with E-state index in [2.05, 4.69) is 4.98 Å². The van der Waals surface area contributed by atoms with E-state index in [0.717, 1.165) is 17.7 Å². The summed E-state index contributed by atoms with van der Waals surface area (Å²) in [5, 5.41) is 0. The fraction of sp³-hybridized carbons (Fsp3) is 0.500. The number of aromatic nitrogens is 1. The van der Waals surface area contributed by atoms with Crippen molar-refractivity contribution in [1.29, 1.82) is 0 Å². The van der Waals surface area contributed by atoms with E-state index in [9.17, 15) is 9.59 Å². The predicted octanol–water partition coefficient (Wildman–Crippen LogP) is 0.939. The molecule has 0 spiro atoms. The first-order chi connectivity index (χ1) is 9.45. The number of nitrogens with zero attached hydrogens (tertiary/aromatic N) is 2. The molecule has 6 nitrogen and oxygen atoms in total. The van der Waals surface area contributed by atoms with E-state index in [1.807, 2.05) is 24.8 Å². The molecular weight excluding hydrogens is 258 g/mol. The first-order valence-corrected chi connectivity index (χ1v) is 6.58. The van der Waals surface area contributed by atoms with Crippen molar-refractivity contribution in [1.82, 2.24) is 4.98 Å². The van der Waals surface area contributed by atoms with Crippen LogP contribution in [0.4, 0.5) is 5.82 Å². The highest BCUT2D eigenvalue weighted by molar-refractivity contribution is 6.00. The molecule has 1 aromatic rings. The molecule has 1 unspecified atom stereocenters. The number of rotatable bonds is 3. The van der Waals surface area contributed by atoms with Crippen molar-refractivity contribution in [3.63, 3.8) is 0 Å². The summed E-state index contributed by atoms with van der Waals surface area (Å²) < 4.78 is 4.82. The maximum absolute atomic E-state index is 11.8. The van der Waals surface area contributed by atoms with Gasteiger partial charge in [0.05, 0.1) is 12.7 Å². The molecule has 0 radical (unpaired) electrons. The van der Waals surface area contributed by atoms with E-state index in [1.165, 1.54) is 7.11 Å². The Balaban J connectivity index is 2.51. The van der Waals surface area contributed by atoms with Crippen molar-refractivity contribution in [2.24, 2.45) is 5.73 Å². The van der Waals surface area contributed by atoms with Gasteiger partial charge in [-0.1, -0.05) is 0 Å². The van der Waals surface area contributed by atoms with Gasteiger partial charge in [-0.2, -0.15) is 0 Å². The molecule has 2 rings (SSSR count). The maximum atomic E-state index is 11.8. The van der Waals surface area contributed by atoms with Crippen LogP contribution in [0.1, 0.15) is 34.5 Å². The summed E-state index contributed by atoms with van der Waals surface area (Å²) in [6, 6.07) is 1.42. The van der Waals surface area contributed by atoms with Crippen molar-refractivity contribution in [3.8, 4) is 0 Å². The van der Waals surface area contributed by atoms with Crippen molar-refractivity contribution in [2.45, 2.75) is 32.7 Å². The molecule has 1 aromatic heterocycles. The van der Waals surface area contributed by atoms with Crippen molar-refractivity contribution < 1.29 is 14.3 Å². The lowest BCUT2D eigenvalue weighted by atomic mass is 10.1. The summed E-state index contributed by atoms with van der Waals surface area (Å²) in [7, 11) is 1.36. The van der Waals surface area contributed by atoms with Gasteiger partial charge in [0.2, 0.25) is 0 Å². The van der Waals surface area contributed by atoms with Crippen LogP contribution in [0.25, 0.3) is 0 Å². The molecule has 6 heteroatoms. The van der Waals surface area contributed by atoms with Crippen LogP contribution in [-0.4, -0.2) is 36.6 Å². The summed E-state index contributed by atoms with van der Waals surface area (Å²) in [5.74, 6) is -0.345. The molecule has 0 saturated carbocycles. The second kappa shape index (κ2) is 5.48. The van der Waals surface area contributed by atoms with Gasteiger partial charge in [-0.3, -0.25) is 4.79 Å². The maximum Gasteiger partial charge on any atom is 0.328 e. The molecule has 1 aliphatic rings. The summed E-state index contributed by atoms with van der Waals surface area (Å²) in [4.78, 5) is 29.8. The van der Waals surface area contributed by atoms with E-state index in [1.54, 1.807) is 0 Å². The Morgan fingerprint density at radius 2 is 2.15 bits per heavy atom. The van der Waals surface area contributed by atoms with Crippen LogP contribution >= 0.6 is 0 Å². The number of nitrogens with two attached hydrogens (primary N) is 1. The van der Waals surface area contributed by atoms with E-state index in [-0.39, 0.29) is 5.97 Å². The van der Waals surface area contributed by atoms with Crippen LogP contribution in [-0.2, 0) is 9.53 Å². The lowest BCUT2D eigenvalue weighted by Gasteiger charge is -2.26. The SMILES string of the molecule is COC(=O)C1CCCN1c1nc(C)cc(C)c1C(N)=O. The van der Waals surface area contributed by atoms with Crippen LogP contribution in [0.2, 0.25) is 0 Å². The van der Waals surface area contributed by atoms with E-state index < -0.39 is 11.9 Å². The largest absolute Gasteiger partial charge is 0.467 e. The first kappa shape index (κ1) is 14.3. The summed E-state index contributed by atoms with van der Waals surface area (Å²) in [5.41, 5.74) is 7.41. The highest BCUT2D eigenvalue weighted by Crippen LogP contribution is 2.29. The van der Waals surface area contributed by atoms with Gasteiger partial charge in [-0.05, 0) is 38.3 Å². The Labute approximate surface area is 117 Å². The van der Waals surface area contributed by atoms with Crippen LogP contribution in [0.15, 0.2) is 6.07 Å². The molecule has 0 aromatic carbocycles. The molecule has 1 saturated heterocycles. The molecule has 1 amide bonds. The molecule has 2 N–H and O–H groups in total. The molecule has 0 bridgehead atoms. The Morgan fingerprint density at radius 1 is 1.45 bits per heavy atom. The fourth-order valence-corrected chi connectivity index (χ4v) is 2.73. The number of hydrogen-bond donors (Lipinski definition) is 1. The third-order valence-corrected chi connectivity index (χ3v) is 3.57. The van der Waals surface area contributed by atoms with Gasteiger partial charge in [0.25, 0.3) is 5.91 Å². The minimum Gasteiger partial charge on any atom is -0.467 e. The molecule has 0 aliphatic carbocycles. The van der Waals surface area contributed by atoms with E-state index >= 15 is 0 Å². The second-order valence-electron chi connectivity index (χ2n) is 5.02. The molecule has 1 fully saturated rings. The van der Waals surface area contributed by atoms with Gasteiger partial charge >= 0.3 is 5.97 Å². The molecule has 108 valence electrons. The number of carbonyl (C=O) groups is 2. The van der Waals surface area contributed by atoms with Crippen molar-refractivity contribution in [3.05, 3.63) is 22.9 Å². The normalized spacial score (nSPS) is 18.1. The van der Waals surface area contributed by atoms with Crippen LogP contribution in [0.5, 0.6) is 0 Å². The average molecular weight is 277 g/mol. The number of esters is 1. The molecular formula is C14H19N3O3. The monoisotopic (exact) mass is 277 g/mol. The summed E-state index contributed by atoms with van der Waals surface area (Å²) in [6.45, 7) is 4.34. The van der Waals surface area contributed by atoms with Gasteiger partial charge in [-0.15, -0.1) is 0 Å². The van der Waals surface area contributed by atoms with Gasteiger partial charge in [-0.25, -0.2) is 9.78 Å². The van der Waals surface area contributed by atoms with Gasteiger partial charge in [0.1, 0.15) is 11.9 Å². The zero-order chi connectivity index (χ0) is 14.9. The zero-order valence-electron chi connectivity index (χ0n) is 12.0. The number of ether oxygens (including phenoxy) is 1. The van der Waals surface area contributed by atoms with Crippen molar-refractivity contribution in [2.75, 3.05) is 18.6 Å². The smallest absolute Gasteiger partial charge is 0.328 e. The van der Waals surface area contributed by atoms with E-state index in [0.29, 0.717) is 24.3 Å². The number of aryl methyl sites for hydroxylation is 2. The highest BCUT2D eigenvalue weighted by Gasteiger charge is 2.34. The third-order valence-electron chi connectivity index (χ3n) is 3.57. The molecule has 1 atom stereocenters. The average Bonchev–Trinajstić information content (AvgIpc) is 2.85. The Morgan fingerprint density at radius 3 is 2.75 bits per heavy atom. The number of pyridine rings is 1. The minimum atomic E-state index is -0.527. The standard InChI is InChI=1S/C14H19N3O3/c1-8-7-9(2)16-13(11(8)12(15)18)17-6-4-5-10(17)14(19)20-3/h7,10H,4-6H2,1-3H3,(H2,15,18). The number of amides is 1. The second-order valence-corrected chi connectivity index (χ2v) is 5.02. The third kappa shape index (κ3) is 2.45. The quantitative estimate of drug-likeness (QED) is 0.831. The zero-order valence-corrected chi connectivity index (χ0v) is 12.0. The fourth-order valence-electron chi connectivity index (χ4n) is 2.73. The van der Waals surface area contributed by atoms with Gasteiger partial charge in [0.15, 0.2) is 0 Å². The van der Waals surface area contributed by atoms with Gasteiger partial charge < -0.3 is 15.4 Å². The number of hydrogen-bond acceptors (Lipinski definition) is 5. The molecule has 2 heterocycles. The highest BCUT2D eigenvalue weighted by atomic mass is 16.5. The molecule has 1 aliphatic heterocycles. The predicted molar refractivity (Wildman–Crippen MR) is 74.6 cm³/mol.